The van der Waals surface area contributed by atoms with E-state index in [1.165, 1.54) is 22.3 Å². The van der Waals surface area contributed by atoms with Gasteiger partial charge in [0, 0.05) is 11.8 Å². The first kappa shape index (κ1) is 20.0. The molecule has 0 aliphatic heterocycles. The summed E-state index contributed by atoms with van der Waals surface area (Å²) in [6, 6.07) is 42.6. The lowest BCUT2D eigenvalue weighted by Gasteiger charge is -2.34. The molecule has 0 aromatic heterocycles. The number of nitrogens with one attached hydrogen (secondary N) is 1. The zero-order valence-electron chi connectivity index (χ0n) is 17.9. The van der Waals surface area contributed by atoms with Crippen LogP contribution in [0.4, 0.5) is 5.69 Å². The topological polar surface area (TPSA) is 24.4 Å². The average molecular weight is 415 g/mol. The molecule has 1 N–H and O–H groups in total. The van der Waals surface area contributed by atoms with Crippen molar-refractivity contribution in [1.82, 2.24) is 0 Å². The minimum atomic E-state index is 0.261. The summed E-state index contributed by atoms with van der Waals surface area (Å²) in [5.74, 6) is 0.562. The van der Waals surface area contributed by atoms with Crippen LogP contribution in [0.5, 0.6) is 0 Å². The molecule has 1 aliphatic carbocycles. The van der Waals surface area contributed by atoms with Crippen LogP contribution in [0.1, 0.15) is 34.9 Å². The zero-order chi connectivity index (χ0) is 21.6. The molecule has 2 heteroatoms. The van der Waals surface area contributed by atoms with Crippen LogP contribution < -0.4 is 5.43 Å². The number of hydrogen-bond acceptors (Lipinski definition) is 2. The smallest absolute Gasteiger partial charge is 0.0616 e. The third-order valence-electron chi connectivity index (χ3n) is 6.08. The van der Waals surface area contributed by atoms with Gasteiger partial charge in [-0.3, -0.25) is 5.43 Å². The van der Waals surface area contributed by atoms with Crippen LogP contribution in [0.2, 0.25) is 0 Å². The number of allylic oxidation sites excluding steroid dienone is 2. The number of nitrogens with zero attached hydrogens (tertiary/aromatic N) is 1. The van der Waals surface area contributed by atoms with E-state index in [0.717, 1.165) is 17.8 Å². The summed E-state index contributed by atoms with van der Waals surface area (Å²) in [5.41, 5.74) is 10.6. The van der Waals surface area contributed by atoms with Gasteiger partial charge < -0.3 is 0 Å². The summed E-state index contributed by atoms with van der Waals surface area (Å²) >= 11 is 0. The van der Waals surface area contributed by atoms with Crippen molar-refractivity contribution in [3.05, 3.63) is 144 Å². The summed E-state index contributed by atoms with van der Waals surface area (Å²) in [5, 5.41) is 4.82. The highest BCUT2D eigenvalue weighted by molar-refractivity contribution is 6.05. The lowest BCUT2D eigenvalue weighted by atomic mass is 9.69. The first-order valence-corrected chi connectivity index (χ1v) is 11.1. The van der Waals surface area contributed by atoms with E-state index < -0.39 is 0 Å². The molecular formula is C30H26N2. The Morgan fingerprint density at radius 2 is 1.12 bits per heavy atom. The second-order valence-electron chi connectivity index (χ2n) is 8.16. The van der Waals surface area contributed by atoms with Crippen LogP contribution in [0.3, 0.4) is 0 Å². The van der Waals surface area contributed by atoms with Gasteiger partial charge in [-0.1, -0.05) is 109 Å². The molecule has 0 spiro atoms. The van der Waals surface area contributed by atoms with E-state index in [-0.39, 0.29) is 5.92 Å². The third-order valence-corrected chi connectivity index (χ3v) is 6.08. The van der Waals surface area contributed by atoms with Crippen LogP contribution in [-0.2, 0) is 0 Å². The standard InChI is InChI=1S/C30H26N2/c1-5-13-23(14-6-1)28-21-27(32-31-26-19-11-4-12-20-26)22-29(24-15-7-2-8-16-24)30(28)25-17-9-3-10-18-25/h1-21,29-31H,22H2/b32-27-. The van der Waals surface area contributed by atoms with Gasteiger partial charge in [0.2, 0.25) is 0 Å². The van der Waals surface area contributed by atoms with Crippen LogP contribution >= 0.6 is 0 Å². The van der Waals surface area contributed by atoms with E-state index >= 15 is 0 Å². The second kappa shape index (κ2) is 9.49. The van der Waals surface area contributed by atoms with E-state index in [4.69, 9.17) is 5.10 Å². The molecular weight excluding hydrogens is 388 g/mol. The van der Waals surface area contributed by atoms with Gasteiger partial charge in [0.05, 0.1) is 11.4 Å². The van der Waals surface area contributed by atoms with Gasteiger partial charge in [0.1, 0.15) is 0 Å². The lowest BCUT2D eigenvalue weighted by Crippen LogP contribution is -2.22. The predicted molar refractivity (Wildman–Crippen MR) is 135 cm³/mol. The Kier molecular flexibility index (Phi) is 5.93. The highest BCUT2D eigenvalue weighted by atomic mass is 15.3. The van der Waals surface area contributed by atoms with Gasteiger partial charge in [-0.05, 0) is 46.9 Å². The first-order chi connectivity index (χ1) is 15.9. The highest BCUT2D eigenvalue weighted by Gasteiger charge is 2.33. The molecule has 0 amide bonds. The maximum absolute atomic E-state index is 4.82. The Morgan fingerprint density at radius 3 is 1.75 bits per heavy atom. The summed E-state index contributed by atoms with van der Waals surface area (Å²) in [6.45, 7) is 0. The Bertz CT molecular complexity index is 1200. The van der Waals surface area contributed by atoms with E-state index in [1.807, 2.05) is 30.3 Å². The van der Waals surface area contributed by atoms with Gasteiger partial charge in [-0.25, -0.2) is 0 Å². The minimum Gasteiger partial charge on any atom is -0.278 e. The van der Waals surface area contributed by atoms with Crippen molar-refractivity contribution in [3.8, 4) is 0 Å². The molecule has 0 heterocycles. The van der Waals surface area contributed by atoms with Gasteiger partial charge in [0.25, 0.3) is 0 Å². The molecule has 2 atom stereocenters. The number of rotatable bonds is 5. The quantitative estimate of drug-likeness (QED) is 0.336. The molecule has 4 aromatic rings. The van der Waals surface area contributed by atoms with Gasteiger partial charge in [-0.15, -0.1) is 0 Å². The van der Waals surface area contributed by atoms with Gasteiger partial charge in [0.15, 0.2) is 0 Å². The Hall–Kier alpha value is -3.91. The Balaban J connectivity index is 1.63. The summed E-state index contributed by atoms with van der Waals surface area (Å²) in [6.07, 6.45) is 3.15. The third kappa shape index (κ3) is 4.40. The van der Waals surface area contributed by atoms with E-state index in [1.54, 1.807) is 0 Å². The summed E-state index contributed by atoms with van der Waals surface area (Å²) in [4.78, 5) is 0. The van der Waals surface area contributed by atoms with Gasteiger partial charge >= 0.3 is 0 Å². The van der Waals surface area contributed by atoms with Crippen molar-refractivity contribution < 1.29 is 0 Å². The Morgan fingerprint density at radius 1 is 0.594 bits per heavy atom. The van der Waals surface area contributed by atoms with Crippen LogP contribution in [-0.4, -0.2) is 5.71 Å². The van der Waals surface area contributed by atoms with E-state index in [9.17, 15) is 0 Å². The van der Waals surface area contributed by atoms with Crippen molar-refractivity contribution in [1.29, 1.82) is 0 Å². The van der Waals surface area contributed by atoms with E-state index in [0.29, 0.717) is 5.92 Å². The molecule has 156 valence electrons. The SMILES string of the molecule is C1=C(c2ccccc2)C(c2ccccc2)C(c2ccccc2)C/C1=N\Nc1ccccc1. The molecule has 32 heavy (non-hydrogen) atoms. The maximum atomic E-state index is 4.82. The van der Waals surface area contributed by atoms with Crippen molar-refractivity contribution in [2.75, 3.05) is 5.43 Å². The summed E-state index contributed by atoms with van der Waals surface area (Å²) in [7, 11) is 0. The fraction of sp³-hybridized carbons (Fsp3) is 0.100. The van der Waals surface area contributed by atoms with Crippen molar-refractivity contribution in [2.24, 2.45) is 5.10 Å². The molecule has 4 aromatic carbocycles. The molecule has 0 fully saturated rings. The molecule has 0 saturated heterocycles. The second-order valence-corrected chi connectivity index (χ2v) is 8.16. The molecule has 2 nitrogen and oxygen atoms in total. The normalized spacial score (nSPS) is 19.4. The van der Waals surface area contributed by atoms with Crippen LogP contribution in [0.25, 0.3) is 5.57 Å². The molecule has 2 unspecified atom stereocenters. The van der Waals surface area contributed by atoms with Crippen molar-refractivity contribution in [3.63, 3.8) is 0 Å². The average Bonchev–Trinajstić information content (AvgIpc) is 2.89. The number of anilines is 1. The van der Waals surface area contributed by atoms with Crippen LogP contribution in [0, 0.1) is 0 Å². The molecule has 0 bridgehead atoms. The molecule has 0 radical (unpaired) electrons. The molecule has 1 aliphatic rings. The van der Waals surface area contributed by atoms with E-state index in [2.05, 4.69) is 102 Å². The van der Waals surface area contributed by atoms with Crippen molar-refractivity contribution in [2.45, 2.75) is 18.3 Å². The zero-order valence-corrected chi connectivity index (χ0v) is 17.9. The van der Waals surface area contributed by atoms with Crippen molar-refractivity contribution >= 4 is 17.0 Å². The molecule has 0 saturated carbocycles. The number of hydrogen-bond donors (Lipinski definition) is 1. The predicted octanol–water partition coefficient (Wildman–Crippen LogP) is 7.51. The fourth-order valence-electron chi connectivity index (χ4n) is 4.59. The molecule has 5 rings (SSSR count). The minimum absolute atomic E-state index is 0.261. The van der Waals surface area contributed by atoms with Crippen LogP contribution in [0.15, 0.2) is 133 Å². The number of para-hydroxylation sites is 1. The summed E-state index contributed by atoms with van der Waals surface area (Å²) < 4.78 is 0. The lowest BCUT2D eigenvalue weighted by molar-refractivity contribution is 0.645. The maximum Gasteiger partial charge on any atom is 0.0616 e. The monoisotopic (exact) mass is 414 g/mol. The first-order valence-electron chi connectivity index (χ1n) is 11.1. The van der Waals surface area contributed by atoms with Gasteiger partial charge in [-0.2, -0.15) is 5.10 Å². The number of benzene rings is 4. The fourth-order valence-corrected chi connectivity index (χ4v) is 4.59. The Labute approximate surface area is 190 Å². The largest absolute Gasteiger partial charge is 0.278 e. The highest BCUT2D eigenvalue weighted by Crippen LogP contribution is 2.47. The number of hydrazone groups is 1.